The van der Waals surface area contributed by atoms with Gasteiger partial charge in [-0.2, -0.15) is 13.2 Å². The average Bonchev–Trinajstić information content (AvgIpc) is 2.66. The van der Waals surface area contributed by atoms with Gasteiger partial charge >= 0.3 is 6.18 Å². The lowest BCUT2D eigenvalue weighted by Crippen LogP contribution is -2.62. The van der Waals surface area contributed by atoms with E-state index in [2.05, 4.69) is 16.3 Å². The van der Waals surface area contributed by atoms with E-state index in [1.165, 1.54) is 19.3 Å². The molecule has 5 fully saturated rings. The highest BCUT2D eigenvalue weighted by Crippen LogP contribution is 2.55. The van der Waals surface area contributed by atoms with Crippen LogP contribution in [0.25, 0.3) is 0 Å². The number of anilines is 2. The zero-order valence-corrected chi connectivity index (χ0v) is 19.3. The second-order valence-electron chi connectivity index (χ2n) is 11.2. The van der Waals surface area contributed by atoms with Crippen molar-refractivity contribution in [2.24, 2.45) is 23.5 Å². The Morgan fingerprint density at radius 2 is 1.72 bits per heavy atom. The van der Waals surface area contributed by atoms with Crippen molar-refractivity contribution in [1.29, 1.82) is 0 Å². The molecular weight excluding hydrogens is 415 g/mol. The third-order valence-corrected chi connectivity index (χ3v) is 8.50. The first-order valence-corrected chi connectivity index (χ1v) is 12.1. The molecule has 6 rings (SSSR count). The molecule has 8 heteroatoms. The zero-order chi connectivity index (χ0) is 22.8. The van der Waals surface area contributed by atoms with Crippen molar-refractivity contribution in [2.75, 3.05) is 29.9 Å². The smallest absolute Gasteiger partial charge is 0.380 e. The third kappa shape index (κ3) is 4.20. The molecule has 178 valence electrons. The molecule has 0 spiro atoms. The Hall–Kier alpha value is -1.54. The van der Waals surface area contributed by atoms with Gasteiger partial charge in [-0.25, -0.2) is 4.98 Å². The van der Waals surface area contributed by atoms with Crippen LogP contribution in [0.1, 0.15) is 51.6 Å². The van der Waals surface area contributed by atoms with Crippen LogP contribution in [-0.4, -0.2) is 59.4 Å². The Morgan fingerprint density at radius 1 is 1.09 bits per heavy atom. The molecule has 2 unspecified atom stereocenters. The van der Waals surface area contributed by atoms with Crippen LogP contribution in [0.2, 0.25) is 0 Å². The predicted molar refractivity (Wildman–Crippen MR) is 121 cm³/mol. The monoisotopic (exact) mass is 451 g/mol. The highest BCUT2D eigenvalue weighted by molar-refractivity contribution is 5.55. The first kappa shape index (κ1) is 22.3. The number of pyridine rings is 1. The maximum absolute atomic E-state index is 12.9. The lowest BCUT2D eigenvalue weighted by atomic mass is 9.51. The van der Waals surface area contributed by atoms with Crippen LogP contribution >= 0.6 is 0 Å². The van der Waals surface area contributed by atoms with Crippen molar-refractivity contribution in [3.05, 3.63) is 17.8 Å². The molecule has 1 aromatic heterocycles. The average molecular weight is 452 g/mol. The van der Waals surface area contributed by atoms with Gasteiger partial charge in [0.2, 0.25) is 0 Å². The summed E-state index contributed by atoms with van der Waals surface area (Å²) in [5.74, 6) is 2.95. The second kappa shape index (κ2) is 7.76. The maximum Gasteiger partial charge on any atom is 0.401 e. The fourth-order valence-corrected chi connectivity index (χ4v) is 7.44. The highest BCUT2D eigenvalue weighted by Gasteiger charge is 2.53. The van der Waals surface area contributed by atoms with E-state index in [0.29, 0.717) is 31.0 Å². The van der Waals surface area contributed by atoms with Crippen molar-refractivity contribution in [1.82, 2.24) is 9.88 Å². The summed E-state index contributed by atoms with van der Waals surface area (Å²) in [6.07, 6.45) is 1.86. The van der Waals surface area contributed by atoms with E-state index in [-0.39, 0.29) is 17.6 Å². The Kier molecular flexibility index (Phi) is 5.40. The molecule has 1 aliphatic heterocycles. The first-order valence-electron chi connectivity index (χ1n) is 12.1. The molecule has 0 aromatic carbocycles. The lowest BCUT2D eigenvalue weighted by Gasteiger charge is -2.59. The quantitative estimate of drug-likeness (QED) is 0.720. The summed E-state index contributed by atoms with van der Waals surface area (Å²) < 4.78 is 38.8. The number of rotatable bonds is 4. The van der Waals surface area contributed by atoms with Gasteiger partial charge in [-0.05, 0) is 82.8 Å². The summed E-state index contributed by atoms with van der Waals surface area (Å²) in [5.41, 5.74) is 8.76. The molecular formula is C24H36F3N5. The molecule has 0 radical (unpaired) electrons. The fraction of sp³-hybridized carbons (Fsp3) is 0.792. The number of nitrogens with zero attached hydrogens (tertiary/aromatic N) is 3. The van der Waals surface area contributed by atoms with Gasteiger partial charge in [0.05, 0.1) is 17.9 Å². The van der Waals surface area contributed by atoms with Crippen LogP contribution < -0.4 is 16.0 Å². The minimum absolute atomic E-state index is 0.0630. The molecule has 4 bridgehead atoms. The van der Waals surface area contributed by atoms with Crippen molar-refractivity contribution in [3.63, 3.8) is 0 Å². The number of alkyl halides is 3. The largest absolute Gasteiger partial charge is 0.401 e. The summed E-state index contributed by atoms with van der Waals surface area (Å²) in [5, 5.41) is 3.82. The van der Waals surface area contributed by atoms with Crippen molar-refractivity contribution in [2.45, 2.75) is 82.7 Å². The Morgan fingerprint density at radius 3 is 2.25 bits per heavy atom. The van der Waals surface area contributed by atoms with E-state index in [4.69, 9.17) is 10.7 Å². The van der Waals surface area contributed by atoms with Gasteiger partial charge in [-0.1, -0.05) is 0 Å². The van der Waals surface area contributed by atoms with Crippen LogP contribution in [0.3, 0.4) is 0 Å². The maximum atomic E-state index is 12.9. The third-order valence-electron chi connectivity index (χ3n) is 8.50. The summed E-state index contributed by atoms with van der Waals surface area (Å²) >= 11 is 0. The van der Waals surface area contributed by atoms with Crippen LogP contribution in [0, 0.1) is 24.7 Å². The normalized spacial score (nSPS) is 39.5. The van der Waals surface area contributed by atoms with Gasteiger partial charge in [0.25, 0.3) is 0 Å². The SMILES string of the molecule is Cc1nc(N2C[C@@H](C)N(CC(F)(F)F)[C@@H](C)C2)ccc1NC1C2CC3CC1CC(N)(C3)C2. The highest BCUT2D eigenvalue weighted by atomic mass is 19.4. The second-order valence-corrected chi connectivity index (χ2v) is 11.2. The summed E-state index contributed by atoms with van der Waals surface area (Å²) in [6, 6.07) is 4.24. The van der Waals surface area contributed by atoms with Crippen LogP contribution in [0.4, 0.5) is 24.7 Å². The topological polar surface area (TPSA) is 57.4 Å². The molecule has 1 aromatic rings. The number of hydrogen-bond acceptors (Lipinski definition) is 5. The van der Waals surface area contributed by atoms with E-state index >= 15 is 0 Å². The lowest BCUT2D eigenvalue weighted by molar-refractivity contribution is -0.156. The van der Waals surface area contributed by atoms with Crippen LogP contribution in [0.5, 0.6) is 0 Å². The molecule has 0 amide bonds. The van der Waals surface area contributed by atoms with Crippen LogP contribution in [0.15, 0.2) is 12.1 Å². The molecule has 5 aliphatic rings. The minimum atomic E-state index is -4.17. The number of piperazine rings is 1. The number of halogens is 3. The van der Waals surface area contributed by atoms with Gasteiger partial charge in [0.1, 0.15) is 5.82 Å². The van der Waals surface area contributed by atoms with Crippen LogP contribution in [-0.2, 0) is 0 Å². The van der Waals surface area contributed by atoms with Gasteiger partial charge in [-0.3, -0.25) is 4.90 Å². The molecule has 4 atom stereocenters. The molecule has 2 heterocycles. The summed E-state index contributed by atoms with van der Waals surface area (Å²) in [7, 11) is 0. The van der Waals surface area contributed by atoms with Gasteiger partial charge in [0.15, 0.2) is 0 Å². The fourth-order valence-electron chi connectivity index (χ4n) is 7.44. The van der Waals surface area contributed by atoms with E-state index in [0.717, 1.165) is 36.0 Å². The molecule has 3 N–H and O–H groups in total. The molecule has 4 saturated carbocycles. The summed E-state index contributed by atoms with van der Waals surface area (Å²) in [6.45, 7) is 6.01. The number of aryl methyl sites for hydroxylation is 1. The first-order chi connectivity index (χ1) is 15.0. The number of hydrogen-bond donors (Lipinski definition) is 2. The zero-order valence-electron chi connectivity index (χ0n) is 19.3. The number of aromatic nitrogens is 1. The van der Waals surface area contributed by atoms with Gasteiger partial charge in [-0.15, -0.1) is 0 Å². The van der Waals surface area contributed by atoms with E-state index in [9.17, 15) is 13.2 Å². The predicted octanol–water partition coefficient (Wildman–Crippen LogP) is 4.17. The van der Waals surface area contributed by atoms with Crippen molar-refractivity contribution in [3.8, 4) is 0 Å². The Bertz CT molecular complexity index is 831. The standard InChI is InChI=1S/C24H36F3N5/c1-14-11-31(12-15(2)32(14)13-24(25,26)27)21-5-4-20(16(3)29-21)30-22-18-6-17-7-19(22)10-23(28,8-17)9-18/h4-5,14-15,17-19,22,30H,6-13,28H2,1-3H3/t14-,15+,17?,18?,19?,22?,23?. The van der Waals surface area contributed by atoms with Crippen molar-refractivity contribution >= 4 is 11.5 Å². The molecule has 4 aliphatic carbocycles. The molecule has 32 heavy (non-hydrogen) atoms. The number of nitrogens with two attached hydrogens (primary N) is 1. The van der Waals surface area contributed by atoms with E-state index in [1.807, 2.05) is 26.8 Å². The van der Waals surface area contributed by atoms with Gasteiger partial charge in [0, 0.05) is 36.8 Å². The van der Waals surface area contributed by atoms with Crippen molar-refractivity contribution < 1.29 is 13.2 Å². The Balaban J connectivity index is 1.26. The Labute approximate surface area is 188 Å². The molecule has 5 nitrogen and oxygen atoms in total. The van der Waals surface area contributed by atoms with E-state index < -0.39 is 12.7 Å². The van der Waals surface area contributed by atoms with E-state index in [1.54, 1.807) is 4.90 Å². The minimum Gasteiger partial charge on any atom is -0.380 e. The number of nitrogens with one attached hydrogen (secondary N) is 1. The van der Waals surface area contributed by atoms with Gasteiger partial charge < -0.3 is 16.0 Å². The molecule has 1 saturated heterocycles. The summed E-state index contributed by atoms with van der Waals surface area (Å²) in [4.78, 5) is 8.54.